The molecule has 2 aliphatic rings. The Morgan fingerprint density at radius 2 is 2.08 bits per heavy atom. The summed E-state index contributed by atoms with van der Waals surface area (Å²) in [6.45, 7) is 9.83. The van der Waals surface area contributed by atoms with Gasteiger partial charge in [-0.3, -0.25) is 14.4 Å². The van der Waals surface area contributed by atoms with E-state index in [2.05, 4.69) is 16.6 Å². The number of rotatable bonds is 4. The van der Waals surface area contributed by atoms with E-state index in [9.17, 15) is 13.2 Å². The van der Waals surface area contributed by atoms with Gasteiger partial charge in [0, 0.05) is 43.9 Å². The quantitative estimate of drug-likeness (QED) is 0.724. The number of allylic oxidation sites excluding steroid dienone is 1. The summed E-state index contributed by atoms with van der Waals surface area (Å²) in [5.74, 6) is 0.153. The van der Waals surface area contributed by atoms with Gasteiger partial charge >= 0.3 is 0 Å². The van der Waals surface area contributed by atoms with E-state index in [0.29, 0.717) is 26.2 Å². The number of fused-ring (bicyclic) bond motifs is 1. The maximum Gasteiger partial charge on any atom is 0.219 e. The molecule has 0 N–H and O–H groups in total. The first kappa shape index (κ1) is 17.2. The summed E-state index contributed by atoms with van der Waals surface area (Å²) in [6.07, 6.45) is 3.64. The molecule has 2 atom stereocenters. The number of sulfone groups is 1. The Hall–Kier alpha value is -1.67. The summed E-state index contributed by atoms with van der Waals surface area (Å²) in [7, 11) is -3.10. The molecule has 1 aromatic rings. The number of hydrogen-bond acceptors (Lipinski definition) is 5. The van der Waals surface area contributed by atoms with Gasteiger partial charge in [0.15, 0.2) is 9.84 Å². The molecule has 0 aliphatic carbocycles. The zero-order valence-corrected chi connectivity index (χ0v) is 15.0. The molecule has 0 radical (unpaired) electrons. The Kier molecular flexibility index (Phi) is 4.52. The molecule has 2 saturated heterocycles. The Balaban J connectivity index is 1.82. The van der Waals surface area contributed by atoms with Crippen molar-refractivity contribution in [1.29, 1.82) is 0 Å². The molecule has 8 heteroatoms. The average molecular weight is 352 g/mol. The summed E-state index contributed by atoms with van der Waals surface area (Å²) in [6, 6.07) is -0.361. The maximum absolute atomic E-state index is 12.1. The second-order valence-electron chi connectivity index (χ2n) is 6.62. The highest BCUT2D eigenvalue weighted by atomic mass is 32.2. The van der Waals surface area contributed by atoms with Gasteiger partial charge in [-0.05, 0) is 6.92 Å². The first-order chi connectivity index (χ1) is 11.3. The van der Waals surface area contributed by atoms with Crippen LogP contribution in [0.3, 0.4) is 0 Å². The zero-order valence-electron chi connectivity index (χ0n) is 14.2. The number of carbonyl (C=O) groups excluding carboxylic acids is 1. The second-order valence-corrected chi connectivity index (χ2v) is 8.77. The minimum absolute atomic E-state index is 0.0447. The predicted octanol–water partition coefficient (Wildman–Crippen LogP) is 0.207. The fourth-order valence-electron chi connectivity index (χ4n) is 3.78. The molecule has 132 valence electrons. The number of piperazine rings is 1. The van der Waals surface area contributed by atoms with E-state index in [1.165, 1.54) is 6.92 Å². The molecule has 0 aromatic carbocycles. The normalized spacial score (nSPS) is 26.3. The fraction of sp³-hybridized carbons (Fsp3) is 0.625. The van der Waals surface area contributed by atoms with Crippen LogP contribution in [0.15, 0.2) is 18.9 Å². The van der Waals surface area contributed by atoms with Crippen LogP contribution in [0.25, 0.3) is 0 Å². The van der Waals surface area contributed by atoms with Gasteiger partial charge in [-0.15, -0.1) is 6.58 Å². The molecule has 7 nitrogen and oxygen atoms in total. The second kappa shape index (κ2) is 6.33. The van der Waals surface area contributed by atoms with Crippen molar-refractivity contribution in [3.05, 3.63) is 30.1 Å². The lowest BCUT2D eigenvalue weighted by Crippen LogP contribution is -2.59. The van der Waals surface area contributed by atoms with Gasteiger partial charge in [0.2, 0.25) is 5.91 Å². The van der Waals surface area contributed by atoms with E-state index >= 15 is 0 Å². The summed E-state index contributed by atoms with van der Waals surface area (Å²) >= 11 is 0. The van der Waals surface area contributed by atoms with Crippen molar-refractivity contribution in [2.24, 2.45) is 0 Å². The monoisotopic (exact) mass is 352 g/mol. The van der Waals surface area contributed by atoms with Gasteiger partial charge < -0.3 is 4.90 Å². The number of carbonyl (C=O) groups is 1. The molecule has 0 saturated carbocycles. The third-order valence-corrected chi connectivity index (χ3v) is 6.77. The largest absolute Gasteiger partial charge is 0.336 e. The summed E-state index contributed by atoms with van der Waals surface area (Å²) < 4.78 is 26.1. The van der Waals surface area contributed by atoms with E-state index in [1.54, 1.807) is 11.0 Å². The lowest BCUT2D eigenvalue weighted by Gasteiger charge is -2.43. The minimum atomic E-state index is -3.10. The minimum Gasteiger partial charge on any atom is -0.336 e. The van der Waals surface area contributed by atoms with Crippen LogP contribution < -0.4 is 0 Å². The highest BCUT2D eigenvalue weighted by Gasteiger charge is 2.47. The molecule has 3 heterocycles. The van der Waals surface area contributed by atoms with Crippen LogP contribution in [-0.2, 0) is 27.7 Å². The van der Waals surface area contributed by atoms with Crippen molar-refractivity contribution in [3.8, 4) is 0 Å². The first-order valence-corrected chi connectivity index (χ1v) is 9.98. The number of hydrogen-bond donors (Lipinski definition) is 0. The zero-order chi connectivity index (χ0) is 17.5. The molecular weight excluding hydrogens is 328 g/mol. The van der Waals surface area contributed by atoms with Gasteiger partial charge in [-0.25, -0.2) is 8.42 Å². The molecular formula is C16H24N4O3S. The van der Waals surface area contributed by atoms with Crippen molar-refractivity contribution in [1.82, 2.24) is 19.6 Å². The van der Waals surface area contributed by atoms with Gasteiger partial charge in [0.25, 0.3) is 0 Å². The van der Waals surface area contributed by atoms with Gasteiger partial charge in [-0.1, -0.05) is 6.08 Å². The molecule has 0 unspecified atom stereocenters. The highest BCUT2D eigenvalue weighted by Crippen LogP contribution is 2.28. The van der Waals surface area contributed by atoms with Crippen LogP contribution >= 0.6 is 0 Å². The van der Waals surface area contributed by atoms with Crippen molar-refractivity contribution >= 4 is 15.7 Å². The molecule has 1 aromatic heterocycles. The SMILES string of the molecule is C=CCn1ncc(CN2CCN(C(C)=O)[C@H]3CS(=O)(=O)C[C@H]32)c1C. The molecule has 1 amide bonds. The average Bonchev–Trinajstić information content (AvgIpc) is 3.00. The van der Waals surface area contributed by atoms with Crippen LogP contribution in [-0.4, -0.2) is 70.6 Å². The molecule has 0 spiro atoms. The Morgan fingerprint density at radius 3 is 2.75 bits per heavy atom. The van der Waals surface area contributed by atoms with E-state index in [-0.39, 0.29) is 29.5 Å². The lowest BCUT2D eigenvalue weighted by atomic mass is 10.0. The van der Waals surface area contributed by atoms with Crippen LogP contribution in [0.4, 0.5) is 0 Å². The number of aromatic nitrogens is 2. The smallest absolute Gasteiger partial charge is 0.219 e. The maximum atomic E-state index is 12.1. The molecule has 24 heavy (non-hydrogen) atoms. The van der Waals surface area contributed by atoms with Gasteiger partial charge in [-0.2, -0.15) is 5.10 Å². The third-order valence-electron chi connectivity index (χ3n) is 5.08. The van der Waals surface area contributed by atoms with Crippen LogP contribution in [0.1, 0.15) is 18.2 Å². The summed E-state index contributed by atoms with van der Waals surface area (Å²) in [5.41, 5.74) is 2.16. The third kappa shape index (κ3) is 3.12. The Labute approximate surface area is 142 Å². The van der Waals surface area contributed by atoms with Crippen molar-refractivity contribution in [3.63, 3.8) is 0 Å². The fourth-order valence-corrected chi connectivity index (χ4v) is 5.79. The molecule has 3 rings (SSSR count). The Bertz CT molecular complexity index is 755. The first-order valence-electron chi connectivity index (χ1n) is 8.16. The number of amides is 1. The molecule has 2 aliphatic heterocycles. The standard InChI is InChI=1S/C16H24N4O3S/c1-4-5-20-12(2)14(8-17-20)9-18-6-7-19(13(3)21)16-11-24(22,23)10-15(16)18/h4,8,15-16H,1,5-7,9-11H2,2-3H3/t15-,16+/m1/s1. The lowest BCUT2D eigenvalue weighted by molar-refractivity contribution is -0.134. The summed E-state index contributed by atoms with van der Waals surface area (Å²) in [4.78, 5) is 15.7. The van der Waals surface area contributed by atoms with E-state index in [1.807, 2.05) is 17.8 Å². The van der Waals surface area contributed by atoms with E-state index in [4.69, 9.17) is 0 Å². The topological polar surface area (TPSA) is 75.5 Å². The van der Waals surface area contributed by atoms with Crippen molar-refractivity contribution < 1.29 is 13.2 Å². The van der Waals surface area contributed by atoms with Gasteiger partial charge in [0.05, 0.1) is 30.3 Å². The van der Waals surface area contributed by atoms with E-state index < -0.39 is 9.84 Å². The summed E-state index contributed by atoms with van der Waals surface area (Å²) in [5, 5.41) is 4.36. The van der Waals surface area contributed by atoms with Gasteiger partial charge in [0.1, 0.15) is 0 Å². The predicted molar refractivity (Wildman–Crippen MR) is 91.2 cm³/mol. The van der Waals surface area contributed by atoms with Crippen LogP contribution in [0.5, 0.6) is 0 Å². The van der Waals surface area contributed by atoms with E-state index in [0.717, 1.165) is 11.3 Å². The highest BCUT2D eigenvalue weighted by molar-refractivity contribution is 7.91. The van der Waals surface area contributed by atoms with Crippen molar-refractivity contribution in [2.45, 2.75) is 39.0 Å². The number of nitrogens with zero attached hydrogens (tertiary/aromatic N) is 4. The molecule has 0 bridgehead atoms. The van der Waals surface area contributed by atoms with Crippen molar-refractivity contribution in [2.75, 3.05) is 24.6 Å². The van der Waals surface area contributed by atoms with Crippen LogP contribution in [0, 0.1) is 6.92 Å². The Morgan fingerprint density at radius 1 is 1.38 bits per heavy atom. The van der Waals surface area contributed by atoms with Crippen LogP contribution in [0.2, 0.25) is 0 Å². The molecule has 2 fully saturated rings.